The topological polar surface area (TPSA) is 86.1 Å². The van der Waals surface area contributed by atoms with Crippen molar-refractivity contribution in [1.29, 1.82) is 0 Å². The summed E-state index contributed by atoms with van der Waals surface area (Å²) in [6.07, 6.45) is 6.98. The number of fused-ring (bicyclic) bond motifs is 1. The Kier molecular flexibility index (Phi) is 4.80. The maximum absolute atomic E-state index is 13.3. The van der Waals surface area contributed by atoms with Gasteiger partial charge in [0.05, 0.1) is 5.69 Å². The summed E-state index contributed by atoms with van der Waals surface area (Å²) in [7, 11) is 0. The summed E-state index contributed by atoms with van der Waals surface area (Å²) in [6, 6.07) is 0. The Morgan fingerprint density at radius 1 is 1.21 bits per heavy atom. The lowest BCUT2D eigenvalue weighted by atomic mass is 9.69. The minimum absolute atomic E-state index is 0.00875. The van der Waals surface area contributed by atoms with Crippen LogP contribution in [0.3, 0.4) is 0 Å². The average molecular weight is 417 g/mol. The number of amidine groups is 1. The molecule has 4 rings (SSSR count). The summed E-state index contributed by atoms with van der Waals surface area (Å²) >= 11 is 1.58. The van der Waals surface area contributed by atoms with Crippen LogP contribution in [0.15, 0.2) is 17.3 Å². The summed E-state index contributed by atoms with van der Waals surface area (Å²) in [5.41, 5.74) is 1.07. The average Bonchev–Trinajstić information content (AvgIpc) is 3.06. The van der Waals surface area contributed by atoms with Gasteiger partial charge in [0.25, 0.3) is 0 Å². The highest BCUT2D eigenvalue weighted by Crippen LogP contribution is 2.50. The Morgan fingerprint density at radius 2 is 1.90 bits per heavy atom. The van der Waals surface area contributed by atoms with Crippen LogP contribution in [0.5, 0.6) is 0 Å². The van der Waals surface area contributed by atoms with Crippen molar-refractivity contribution in [3.05, 3.63) is 22.8 Å². The number of thiazole rings is 1. The molecule has 1 saturated carbocycles. The summed E-state index contributed by atoms with van der Waals surface area (Å²) < 4.78 is 0. The standard InChI is InChI=1S/C21H28N4O3S/c1-20(2)9-10-21(3,4)16-15(20)23-18(29-16)25(17(26)13-6-5-7-13)14-8-11-24(12-22-14)19(27)28/h8,11,13H,5-7,9-10,12H2,1-4H3,(H,27,28). The fraction of sp³-hybridized carbons (Fsp3) is 0.619. The molecule has 0 aromatic carbocycles. The Balaban J connectivity index is 1.75. The monoisotopic (exact) mass is 416 g/mol. The molecule has 1 fully saturated rings. The fourth-order valence-corrected chi connectivity index (χ4v) is 5.39. The van der Waals surface area contributed by atoms with Crippen molar-refractivity contribution in [2.45, 2.75) is 70.6 Å². The van der Waals surface area contributed by atoms with Crippen LogP contribution in [-0.2, 0) is 15.6 Å². The van der Waals surface area contributed by atoms with Gasteiger partial charge < -0.3 is 5.11 Å². The van der Waals surface area contributed by atoms with Crippen LogP contribution < -0.4 is 4.90 Å². The lowest BCUT2D eigenvalue weighted by Crippen LogP contribution is -2.44. The number of nitrogens with zero attached hydrogens (tertiary/aromatic N) is 4. The van der Waals surface area contributed by atoms with E-state index in [1.807, 2.05) is 0 Å². The van der Waals surface area contributed by atoms with Crippen LogP contribution in [0.2, 0.25) is 0 Å². The van der Waals surface area contributed by atoms with Gasteiger partial charge in [0.2, 0.25) is 5.91 Å². The van der Waals surface area contributed by atoms with E-state index in [4.69, 9.17) is 10.1 Å². The highest BCUT2D eigenvalue weighted by Gasteiger charge is 2.42. The second-order valence-corrected chi connectivity index (χ2v) is 10.4. The third kappa shape index (κ3) is 3.47. The van der Waals surface area contributed by atoms with Crippen molar-refractivity contribution in [2.75, 3.05) is 11.6 Å². The number of aliphatic imine (C=N–C) groups is 1. The summed E-state index contributed by atoms with van der Waals surface area (Å²) in [5, 5.41) is 9.82. The van der Waals surface area contributed by atoms with Crippen molar-refractivity contribution in [1.82, 2.24) is 9.88 Å². The number of anilines is 1. The summed E-state index contributed by atoms with van der Waals surface area (Å²) in [6.45, 7) is 8.89. The largest absolute Gasteiger partial charge is 0.465 e. The first-order valence-electron chi connectivity index (χ1n) is 10.2. The van der Waals surface area contributed by atoms with Crippen molar-refractivity contribution in [2.24, 2.45) is 10.9 Å². The molecule has 1 aromatic rings. The normalized spacial score (nSPS) is 22.5. The van der Waals surface area contributed by atoms with Crippen molar-refractivity contribution in [3.8, 4) is 0 Å². The quantitative estimate of drug-likeness (QED) is 0.770. The van der Waals surface area contributed by atoms with Crippen molar-refractivity contribution < 1.29 is 14.7 Å². The van der Waals surface area contributed by atoms with Gasteiger partial charge in [-0.3, -0.25) is 9.69 Å². The first kappa shape index (κ1) is 20.1. The van der Waals surface area contributed by atoms with E-state index in [0.29, 0.717) is 11.0 Å². The molecule has 0 spiro atoms. The van der Waals surface area contributed by atoms with E-state index < -0.39 is 6.09 Å². The van der Waals surface area contributed by atoms with Gasteiger partial charge in [-0.05, 0) is 31.8 Å². The molecule has 2 aliphatic carbocycles. The second kappa shape index (κ2) is 6.93. The molecule has 1 N–H and O–H groups in total. The Labute approximate surface area is 175 Å². The van der Waals surface area contributed by atoms with Gasteiger partial charge in [0, 0.05) is 27.8 Å². The summed E-state index contributed by atoms with van der Waals surface area (Å²) in [5.74, 6) is 0.483. The van der Waals surface area contributed by atoms with Crippen LogP contribution in [0.4, 0.5) is 9.93 Å². The minimum atomic E-state index is -1.06. The lowest BCUT2D eigenvalue weighted by Gasteiger charge is -2.37. The van der Waals surface area contributed by atoms with Gasteiger partial charge in [-0.1, -0.05) is 34.1 Å². The van der Waals surface area contributed by atoms with Gasteiger partial charge in [0.1, 0.15) is 12.5 Å². The van der Waals surface area contributed by atoms with E-state index >= 15 is 0 Å². The van der Waals surface area contributed by atoms with Crippen LogP contribution >= 0.6 is 11.3 Å². The number of hydrogen-bond donors (Lipinski definition) is 1. The predicted octanol–water partition coefficient (Wildman–Crippen LogP) is 4.49. The smallest absolute Gasteiger partial charge is 0.412 e. The van der Waals surface area contributed by atoms with E-state index in [0.717, 1.165) is 42.7 Å². The maximum Gasteiger partial charge on any atom is 0.412 e. The molecule has 0 unspecified atom stereocenters. The number of carboxylic acid groups (broad SMARTS) is 1. The zero-order valence-corrected chi connectivity index (χ0v) is 18.3. The minimum Gasteiger partial charge on any atom is -0.465 e. The molecule has 0 saturated heterocycles. The lowest BCUT2D eigenvalue weighted by molar-refractivity contribution is -0.123. The van der Waals surface area contributed by atoms with Gasteiger partial charge in [-0.25, -0.2) is 19.7 Å². The predicted molar refractivity (Wildman–Crippen MR) is 114 cm³/mol. The van der Waals surface area contributed by atoms with Crippen LogP contribution in [0.1, 0.15) is 70.4 Å². The Hall–Kier alpha value is -2.22. The molecule has 156 valence electrons. The molecule has 7 nitrogen and oxygen atoms in total. The van der Waals surface area contributed by atoms with E-state index in [1.54, 1.807) is 22.3 Å². The highest BCUT2D eigenvalue weighted by atomic mass is 32.1. The van der Waals surface area contributed by atoms with Gasteiger partial charge in [-0.2, -0.15) is 0 Å². The Morgan fingerprint density at radius 3 is 2.41 bits per heavy atom. The van der Waals surface area contributed by atoms with Crippen molar-refractivity contribution >= 4 is 34.3 Å². The van der Waals surface area contributed by atoms with Crippen LogP contribution in [0, 0.1) is 5.92 Å². The second-order valence-electron chi connectivity index (χ2n) is 9.47. The molecule has 29 heavy (non-hydrogen) atoms. The van der Waals surface area contributed by atoms with Crippen molar-refractivity contribution in [3.63, 3.8) is 0 Å². The number of hydrogen-bond acceptors (Lipinski definition) is 5. The summed E-state index contributed by atoms with van der Waals surface area (Å²) in [4.78, 5) is 37.8. The SMILES string of the molecule is CC1(C)CCC(C)(C)c2sc(N(C(=O)C3CCC3)C3=NCN(C(=O)O)C=C3)nc21. The molecular formula is C21H28N4O3S. The third-order valence-corrected chi connectivity index (χ3v) is 7.78. The van der Waals surface area contributed by atoms with Gasteiger partial charge >= 0.3 is 6.09 Å². The number of carbonyl (C=O) groups excluding carboxylic acids is 1. The molecular weight excluding hydrogens is 388 g/mol. The maximum atomic E-state index is 13.3. The Bertz CT molecular complexity index is 878. The first-order valence-corrected chi connectivity index (χ1v) is 11.0. The molecule has 3 aliphatic rings. The molecule has 0 atom stereocenters. The number of rotatable bonds is 2. The fourth-order valence-electron chi connectivity index (χ4n) is 4.00. The zero-order chi connectivity index (χ0) is 21.0. The molecule has 8 heteroatoms. The van der Waals surface area contributed by atoms with Crippen LogP contribution in [-0.4, -0.2) is 39.5 Å². The van der Waals surface area contributed by atoms with Crippen LogP contribution in [0.25, 0.3) is 0 Å². The number of carbonyl (C=O) groups is 2. The first-order chi connectivity index (χ1) is 13.6. The van der Waals surface area contributed by atoms with Gasteiger partial charge in [0.15, 0.2) is 5.13 Å². The van der Waals surface area contributed by atoms with E-state index in [2.05, 4.69) is 32.7 Å². The zero-order valence-electron chi connectivity index (χ0n) is 17.4. The number of aromatic nitrogens is 1. The molecule has 2 amide bonds. The third-order valence-electron chi connectivity index (χ3n) is 6.38. The molecule has 2 heterocycles. The van der Waals surface area contributed by atoms with Gasteiger partial charge in [-0.15, -0.1) is 11.3 Å². The van der Waals surface area contributed by atoms with E-state index in [9.17, 15) is 9.59 Å². The molecule has 0 radical (unpaired) electrons. The highest BCUT2D eigenvalue weighted by molar-refractivity contribution is 7.16. The van der Waals surface area contributed by atoms with E-state index in [1.165, 1.54) is 11.1 Å². The molecule has 1 aromatic heterocycles. The number of amides is 2. The molecule has 0 bridgehead atoms. The molecule has 1 aliphatic heterocycles. The van der Waals surface area contributed by atoms with E-state index in [-0.39, 0.29) is 29.3 Å².